The van der Waals surface area contributed by atoms with Gasteiger partial charge in [-0.3, -0.25) is 19.9 Å². The minimum absolute atomic E-state index is 0.0753. The van der Waals surface area contributed by atoms with Gasteiger partial charge in [-0.1, -0.05) is 6.07 Å². The van der Waals surface area contributed by atoms with E-state index in [2.05, 4.69) is 4.98 Å². The predicted molar refractivity (Wildman–Crippen MR) is 107 cm³/mol. The summed E-state index contributed by atoms with van der Waals surface area (Å²) in [6, 6.07) is 9.81. The van der Waals surface area contributed by atoms with Crippen LogP contribution >= 0.6 is 0 Å². The van der Waals surface area contributed by atoms with Gasteiger partial charge in [0.15, 0.2) is 11.5 Å². The first-order chi connectivity index (χ1) is 13.9. The van der Waals surface area contributed by atoms with Crippen LogP contribution in [0, 0.1) is 17.0 Å². The van der Waals surface area contributed by atoms with Crippen LogP contribution in [0.5, 0.6) is 17.2 Å². The first-order valence-corrected chi connectivity index (χ1v) is 8.97. The van der Waals surface area contributed by atoms with E-state index in [0.717, 1.165) is 5.56 Å². The number of rotatable bonds is 7. The molecule has 8 nitrogen and oxygen atoms in total. The summed E-state index contributed by atoms with van der Waals surface area (Å²) in [6.45, 7) is 3.86. The van der Waals surface area contributed by atoms with E-state index >= 15 is 0 Å². The fourth-order valence-electron chi connectivity index (χ4n) is 2.94. The molecule has 0 bridgehead atoms. The van der Waals surface area contributed by atoms with E-state index in [1.807, 2.05) is 6.92 Å². The topological polar surface area (TPSA) is 101 Å². The second-order valence-corrected chi connectivity index (χ2v) is 6.32. The van der Waals surface area contributed by atoms with Crippen LogP contribution in [-0.2, 0) is 16.0 Å². The molecular weight excluding hydrogens is 376 g/mol. The van der Waals surface area contributed by atoms with E-state index in [1.165, 1.54) is 13.2 Å². The molecule has 0 N–H and O–H groups in total. The number of hydrogen-bond acceptors (Lipinski definition) is 7. The number of aryl methyl sites for hydroxylation is 1. The number of carbonyl (C=O) groups excluding carboxylic acids is 1. The van der Waals surface area contributed by atoms with Gasteiger partial charge in [0.1, 0.15) is 0 Å². The zero-order valence-electron chi connectivity index (χ0n) is 16.3. The summed E-state index contributed by atoms with van der Waals surface area (Å²) in [7, 11) is 1.46. The van der Waals surface area contributed by atoms with Gasteiger partial charge in [-0.05, 0) is 55.3 Å². The van der Waals surface area contributed by atoms with Crippen LogP contribution in [0.2, 0.25) is 0 Å². The standard InChI is InChI=1S/C21H20N2O6/c1-4-28-20(24)11-14-5-7-17(19(10-14)27-3)29-18-8-6-16-15(21(18)23(25)26)9-13(2)12-22-16/h5-10,12H,4,11H2,1-3H3. The maximum absolute atomic E-state index is 11.7. The normalized spacial score (nSPS) is 10.6. The number of esters is 1. The molecule has 2 aromatic carbocycles. The lowest BCUT2D eigenvalue weighted by atomic mass is 10.1. The third-order valence-electron chi connectivity index (χ3n) is 4.22. The Morgan fingerprint density at radius 3 is 2.59 bits per heavy atom. The lowest BCUT2D eigenvalue weighted by Gasteiger charge is -2.13. The monoisotopic (exact) mass is 396 g/mol. The van der Waals surface area contributed by atoms with E-state index < -0.39 is 4.92 Å². The van der Waals surface area contributed by atoms with Crippen LogP contribution in [0.4, 0.5) is 5.69 Å². The largest absolute Gasteiger partial charge is 0.493 e. The van der Waals surface area contributed by atoms with Crippen molar-refractivity contribution in [2.24, 2.45) is 0 Å². The number of hydrogen-bond donors (Lipinski definition) is 0. The number of pyridine rings is 1. The fourth-order valence-corrected chi connectivity index (χ4v) is 2.94. The molecule has 0 amide bonds. The fraction of sp³-hybridized carbons (Fsp3) is 0.238. The second kappa shape index (κ2) is 8.55. The number of nitro groups is 1. The maximum atomic E-state index is 11.7. The summed E-state index contributed by atoms with van der Waals surface area (Å²) in [5.41, 5.74) is 1.82. The molecule has 0 aliphatic carbocycles. The molecule has 1 heterocycles. The van der Waals surface area contributed by atoms with Crippen molar-refractivity contribution in [2.45, 2.75) is 20.3 Å². The highest BCUT2D eigenvalue weighted by Gasteiger charge is 2.22. The highest BCUT2D eigenvalue weighted by molar-refractivity contribution is 5.91. The van der Waals surface area contributed by atoms with E-state index in [9.17, 15) is 14.9 Å². The first-order valence-electron chi connectivity index (χ1n) is 8.97. The van der Waals surface area contributed by atoms with Crippen molar-refractivity contribution in [2.75, 3.05) is 13.7 Å². The minimum atomic E-state index is -0.486. The molecule has 0 spiro atoms. The summed E-state index contributed by atoms with van der Waals surface area (Å²) in [4.78, 5) is 27.2. The molecule has 0 unspecified atom stereocenters. The molecule has 0 radical (unpaired) electrons. The molecule has 29 heavy (non-hydrogen) atoms. The van der Waals surface area contributed by atoms with Gasteiger partial charge in [-0.2, -0.15) is 0 Å². The lowest BCUT2D eigenvalue weighted by Crippen LogP contribution is -2.07. The molecule has 0 saturated carbocycles. The SMILES string of the molecule is CCOC(=O)Cc1ccc(Oc2ccc3ncc(C)cc3c2[N+](=O)[O-])c(OC)c1. The van der Waals surface area contributed by atoms with Crippen LogP contribution in [0.25, 0.3) is 10.9 Å². The molecule has 0 aliphatic rings. The maximum Gasteiger partial charge on any atom is 0.320 e. The molecular formula is C21H20N2O6. The Balaban J connectivity index is 1.99. The van der Waals surface area contributed by atoms with E-state index in [-0.39, 0.29) is 23.8 Å². The smallest absolute Gasteiger partial charge is 0.320 e. The molecule has 0 aliphatic heterocycles. The van der Waals surface area contributed by atoms with E-state index in [4.69, 9.17) is 14.2 Å². The van der Waals surface area contributed by atoms with Gasteiger partial charge in [0.25, 0.3) is 0 Å². The summed E-state index contributed by atoms with van der Waals surface area (Å²) in [6.07, 6.45) is 1.74. The van der Waals surface area contributed by atoms with E-state index in [0.29, 0.717) is 34.6 Å². The van der Waals surface area contributed by atoms with Gasteiger partial charge in [-0.15, -0.1) is 0 Å². The van der Waals surface area contributed by atoms with Gasteiger partial charge >= 0.3 is 11.7 Å². The Morgan fingerprint density at radius 1 is 1.14 bits per heavy atom. The van der Waals surface area contributed by atoms with Crippen LogP contribution in [0.3, 0.4) is 0 Å². The Bertz CT molecular complexity index is 1080. The summed E-state index contributed by atoms with van der Waals surface area (Å²) >= 11 is 0. The predicted octanol–water partition coefficient (Wildman–Crippen LogP) is 4.36. The molecule has 1 aromatic heterocycles. The second-order valence-electron chi connectivity index (χ2n) is 6.32. The highest BCUT2D eigenvalue weighted by atomic mass is 16.6. The van der Waals surface area contributed by atoms with Gasteiger partial charge in [0.2, 0.25) is 5.75 Å². The summed E-state index contributed by atoms with van der Waals surface area (Å²) < 4.78 is 16.1. The average molecular weight is 396 g/mol. The van der Waals surface area contributed by atoms with Crippen molar-refractivity contribution < 1.29 is 23.9 Å². The quantitative estimate of drug-likeness (QED) is 0.332. The Kier molecular flexibility index (Phi) is 5.92. The van der Waals surface area contributed by atoms with Crippen molar-refractivity contribution in [3.8, 4) is 17.2 Å². The van der Waals surface area contributed by atoms with Crippen LogP contribution in [0.15, 0.2) is 42.6 Å². The number of aromatic nitrogens is 1. The first kappa shape index (κ1) is 20.1. The number of methoxy groups -OCH3 is 1. The van der Waals surface area contributed by atoms with Gasteiger partial charge < -0.3 is 14.2 Å². The Labute approximate surface area is 167 Å². The Morgan fingerprint density at radius 2 is 1.90 bits per heavy atom. The van der Waals surface area contributed by atoms with Crippen molar-refractivity contribution in [3.05, 3.63) is 63.8 Å². The number of benzene rings is 2. The zero-order valence-corrected chi connectivity index (χ0v) is 16.3. The molecule has 3 aromatic rings. The van der Waals surface area contributed by atoms with Crippen molar-refractivity contribution in [1.29, 1.82) is 0 Å². The zero-order chi connectivity index (χ0) is 21.0. The molecule has 150 valence electrons. The molecule has 8 heteroatoms. The van der Waals surface area contributed by atoms with Crippen molar-refractivity contribution >= 4 is 22.6 Å². The van der Waals surface area contributed by atoms with Crippen LogP contribution < -0.4 is 9.47 Å². The third kappa shape index (κ3) is 4.43. The van der Waals surface area contributed by atoms with Crippen LogP contribution in [-0.4, -0.2) is 29.6 Å². The minimum Gasteiger partial charge on any atom is -0.493 e. The summed E-state index contributed by atoms with van der Waals surface area (Å²) in [5, 5.41) is 12.1. The number of ether oxygens (including phenoxy) is 3. The third-order valence-corrected chi connectivity index (χ3v) is 4.22. The molecule has 0 atom stereocenters. The van der Waals surface area contributed by atoms with Gasteiger partial charge in [0, 0.05) is 6.20 Å². The summed E-state index contributed by atoms with van der Waals surface area (Å²) in [5.74, 6) is 0.370. The molecule has 3 rings (SSSR count). The van der Waals surface area contributed by atoms with Crippen LogP contribution in [0.1, 0.15) is 18.1 Å². The van der Waals surface area contributed by atoms with Crippen molar-refractivity contribution in [3.63, 3.8) is 0 Å². The number of nitrogens with zero attached hydrogens (tertiary/aromatic N) is 2. The highest BCUT2D eigenvalue weighted by Crippen LogP contribution is 2.40. The number of fused-ring (bicyclic) bond motifs is 1. The Hall–Kier alpha value is -3.68. The van der Waals surface area contributed by atoms with Gasteiger partial charge in [0.05, 0.1) is 36.0 Å². The number of nitro benzene ring substituents is 1. The average Bonchev–Trinajstić information content (AvgIpc) is 2.68. The lowest BCUT2D eigenvalue weighted by molar-refractivity contribution is -0.383. The molecule has 0 saturated heterocycles. The van der Waals surface area contributed by atoms with Crippen molar-refractivity contribution in [1.82, 2.24) is 4.98 Å². The van der Waals surface area contributed by atoms with Gasteiger partial charge in [-0.25, -0.2) is 0 Å². The number of carbonyl (C=O) groups is 1. The van der Waals surface area contributed by atoms with E-state index in [1.54, 1.807) is 43.5 Å². The molecule has 0 fully saturated rings.